The number of fused-ring (bicyclic) bond motifs is 2. The Bertz CT molecular complexity index is 2860. The number of halogens is 4. The highest BCUT2D eigenvalue weighted by molar-refractivity contribution is 6.21. The molecule has 3 N–H and O–H groups in total. The molecule has 97 heavy (non-hydrogen) atoms. The fourth-order valence-electron chi connectivity index (χ4n) is 15.3. The van der Waals surface area contributed by atoms with Gasteiger partial charge in [0, 0.05) is 73.8 Å². The van der Waals surface area contributed by atoms with E-state index in [2.05, 4.69) is 16.0 Å². The lowest BCUT2D eigenvalue weighted by atomic mass is 9.78. The quantitative estimate of drug-likeness (QED) is 0.226. The van der Waals surface area contributed by atoms with Gasteiger partial charge in [0.05, 0.1) is 18.9 Å². The fraction of sp³-hybridized carbons (Fsp3) is 0.826. The second-order valence-electron chi connectivity index (χ2n) is 29.6. The Kier molecular flexibility index (Phi) is 28.1. The van der Waals surface area contributed by atoms with Gasteiger partial charge in [-0.3, -0.25) is 57.5 Å². The summed E-state index contributed by atoms with van der Waals surface area (Å²) in [5.74, 6) is -11.4. The molecule has 14 atom stereocenters. The summed E-state index contributed by atoms with van der Waals surface area (Å²) in [4.78, 5) is 190. The molecule has 2 aliphatic carbocycles. The lowest BCUT2D eigenvalue weighted by Gasteiger charge is -2.45. The smallest absolute Gasteiger partial charge is 0.343 e. The number of hydrogen-bond acceptors (Lipinski definition) is 12. The molecule has 3 unspecified atom stereocenters. The molecule has 0 aromatic rings. The van der Waals surface area contributed by atoms with Crippen LogP contribution in [-0.2, 0) is 57.5 Å². The molecule has 1 spiro atoms. The molecule has 6 fully saturated rings. The zero-order valence-electron chi connectivity index (χ0n) is 60.1. The minimum Gasteiger partial charge on any atom is -0.343 e. The predicted molar refractivity (Wildman–Crippen MR) is 358 cm³/mol. The minimum atomic E-state index is -4.51. The Morgan fingerprint density at radius 3 is 1.78 bits per heavy atom. The van der Waals surface area contributed by atoms with Gasteiger partial charge in [0.25, 0.3) is 0 Å². The first-order valence-electron chi connectivity index (χ1n) is 35.5. The molecule has 4 aliphatic heterocycles. The van der Waals surface area contributed by atoms with Crippen molar-refractivity contribution in [3.8, 4) is 0 Å². The summed E-state index contributed by atoms with van der Waals surface area (Å²) in [7, 11) is 8.55. The Hall–Kier alpha value is -6.28. The van der Waals surface area contributed by atoms with Crippen LogP contribution >= 0.6 is 11.6 Å². The van der Waals surface area contributed by atoms with Crippen LogP contribution in [0.2, 0.25) is 0 Å². The number of nitrogens with one attached hydrogen (secondary N) is 3. The molecule has 28 heteroatoms. The number of amides is 12. The summed E-state index contributed by atoms with van der Waals surface area (Å²) in [6.07, 6.45) is 0.230. The number of likely N-dealkylation sites (tertiary alicyclic amines) is 1. The Balaban J connectivity index is 1.41. The Labute approximate surface area is 577 Å². The van der Waals surface area contributed by atoms with Crippen LogP contribution in [0.1, 0.15) is 184 Å². The topological polar surface area (TPSA) is 270 Å². The molecule has 6 rings (SSSR count). The first kappa shape index (κ1) is 79.7. The molecule has 4 heterocycles. The van der Waals surface area contributed by atoms with E-state index in [1.165, 1.54) is 83.5 Å². The van der Waals surface area contributed by atoms with Crippen molar-refractivity contribution in [3.63, 3.8) is 0 Å². The number of alkyl halides is 4. The van der Waals surface area contributed by atoms with Crippen molar-refractivity contribution in [1.82, 2.24) is 60.0 Å². The van der Waals surface area contributed by atoms with E-state index in [0.717, 1.165) is 11.3 Å². The first-order chi connectivity index (χ1) is 45.4. The number of likely N-dealkylation sites (N-methyl/N-ethyl adjacent to an activating group) is 6. The van der Waals surface area contributed by atoms with Gasteiger partial charge in [0.1, 0.15) is 59.9 Å². The summed E-state index contributed by atoms with van der Waals surface area (Å²) in [5, 5.41) is 7.54. The minimum absolute atomic E-state index is 0.00429. The van der Waals surface area contributed by atoms with E-state index in [1.54, 1.807) is 32.6 Å². The lowest BCUT2D eigenvalue weighted by Crippen LogP contribution is -2.65. The van der Waals surface area contributed by atoms with Crippen molar-refractivity contribution in [2.24, 2.45) is 35.5 Å². The second-order valence-corrected chi connectivity index (χ2v) is 30.2. The van der Waals surface area contributed by atoms with Crippen LogP contribution in [0.15, 0.2) is 0 Å². The van der Waals surface area contributed by atoms with Crippen LogP contribution in [-0.4, -0.2) is 261 Å². The van der Waals surface area contributed by atoms with Gasteiger partial charge >= 0.3 is 6.18 Å². The summed E-state index contributed by atoms with van der Waals surface area (Å²) < 4.78 is 41.9. The molecular weight excluding hydrogens is 1280 g/mol. The molecule has 6 aliphatic rings. The number of nitrogens with zero attached hydrogens (tertiary/aromatic N) is 9. The maximum atomic E-state index is 15.4. The van der Waals surface area contributed by atoms with Gasteiger partial charge in [0.2, 0.25) is 70.9 Å². The molecule has 0 radical (unpaired) electrons. The van der Waals surface area contributed by atoms with Crippen molar-refractivity contribution >= 4 is 82.5 Å². The lowest BCUT2D eigenvalue weighted by molar-refractivity contribution is -0.182. The van der Waals surface area contributed by atoms with Crippen LogP contribution in [0.25, 0.3) is 0 Å². The van der Waals surface area contributed by atoms with E-state index in [9.17, 15) is 56.3 Å². The van der Waals surface area contributed by atoms with E-state index in [1.807, 2.05) is 27.7 Å². The third-order valence-corrected chi connectivity index (χ3v) is 22.6. The standard InChI is InChI=1S/C69H112ClF3N12O12/c1-16-42(7)55-64(94)78(11)44(9)60(90)85-35-29-50(85)62(92)81(14)57(43(8)17-2)65(95)77(10)39-53(86)74-48(28-26-45-25-27-46(47(70)37-45)69(71,72)73)61(91)84-34-23-24-49(84)59(89)76-68(30-19-20-31-68)67(97)82(15)56(41(5)6)66(96)80(13)52(63(93)83-32-21-18-22-33-83)38-54(87)79(12)51(36-40(3)4)58(88)75-55/h40-52,55-57H,16-39H2,1-15H3,(H,74,86)(H,75,88)(H,76,89)/t42-,43-,44-,45?,46?,47?,48-,49-,50-,51-,52-,55-,56-,57-/m0/s1. The van der Waals surface area contributed by atoms with E-state index >= 15 is 14.4 Å². The van der Waals surface area contributed by atoms with E-state index < -0.39 is 179 Å². The van der Waals surface area contributed by atoms with Gasteiger partial charge in [-0.05, 0) is 126 Å². The largest absolute Gasteiger partial charge is 0.393 e. The van der Waals surface area contributed by atoms with Gasteiger partial charge < -0.3 is 60.0 Å². The van der Waals surface area contributed by atoms with Gasteiger partial charge in [0.15, 0.2) is 0 Å². The number of carbonyl (C=O) groups is 12. The van der Waals surface area contributed by atoms with Crippen LogP contribution < -0.4 is 16.0 Å². The third-order valence-electron chi connectivity index (χ3n) is 22.1. The van der Waals surface area contributed by atoms with E-state index in [0.29, 0.717) is 58.0 Å². The van der Waals surface area contributed by atoms with Crippen molar-refractivity contribution in [2.75, 3.05) is 75.0 Å². The number of carbonyl (C=O) groups excluding carboxylic acids is 12. The molecule has 4 saturated heterocycles. The van der Waals surface area contributed by atoms with Crippen LogP contribution in [0, 0.1) is 35.5 Å². The molecule has 0 aromatic carbocycles. The van der Waals surface area contributed by atoms with Crippen molar-refractivity contribution in [2.45, 2.75) is 256 Å². The summed E-state index contributed by atoms with van der Waals surface area (Å²) >= 11 is 6.38. The maximum Gasteiger partial charge on any atom is 0.393 e. The number of rotatable bonds is 11. The van der Waals surface area contributed by atoms with Gasteiger partial charge in [-0.1, -0.05) is 81.1 Å². The summed E-state index contributed by atoms with van der Waals surface area (Å²) in [6.45, 7) is 16.3. The maximum absolute atomic E-state index is 15.4. The molecule has 24 nitrogen and oxygen atoms in total. The Morgan fingerprint density at radius 2 is 1.23 bits per heavy atom. The van der Waals surface area contributed by atoms with E-state index in [-0.39, 0.29) is 89.1 Å². The molecule has 0 bridgehead atoms. The molecular formula is C69H112ClF3N12O12. The first-order valence-corrected chi connectivity index (χ1v) is 36.0. The van der Waals surface area contributed by atoms with Gasteiger partial charge in [-0.25, -0.2) is 0 Å². The van der Waals surface area contributed by atoms with Crippen molar-refractivity contribution in [1.29, 1.82) is 0 Å². The highest BCUT2D eigenvalue weighted by Crippen LogP contribution is 2.44. The van der Waals surface area contributed by atoms with E-state index in [4.69, 9.17) is 11.6 Å². The summed E-state index contributed by atoms with van der Waals surface area (Å²) in [5.41, 5.74) is -1.56. The monoisotopic (exact) mass is 1390 g/mol. The zero-order valence-corrected chi connectivity index (χ0v) is 60.9. The molecule has 0 aromatic heterocycles. The van der Waals surface area contributed by atoms with Gasteiger partial charge in [-0.15, -0.1) is 11.6 Å². The second kappa shape index (κ2) is 34.2. The van der Waals surface area contributed by atoms with Crippen LogP contribution in [0.5, 0.6) is 0 Å². The molecule has 2 saturated carbocycles. The highest BCUT2D eigenvalue weighted by Gasteiger charge is 2.52. The average molecular weight is 1390 g/mol. The fourth-order valence-corrected chi connectivity index (χ4v) is 15.8. The summed E-state index contributed by atoms with van der Waals surface area (Å²) in [6, 6.07) is -10.9. The normalized spacial score (nSPS) is 30.8. The Morgan fingerprint density at radius 1 is 0.608 bits per heavy atom. The highest BCUT2D eigenvalue weighted by atomic mass is 35.5. The van der Waals surface area contributed by atoms with Crippen molar-refractivity contribution < 1.29 is 70.7 Å². The van der Waals surface area contributed by atoms with Crippen molar-refractivity contribution in [3.05, 3.63) is 0 Å². The molecule has 12 amide bonds. The zero-order chi connectivity index (χ0) is 72.5. The van der Waals surface area contributed by atoms with Crippen LogP contribution in [0.4, 0.5) is 13.2 Å². The SMILES string of the molecule is CC[C@H](C)[C@@H]1NC(=O)[C@H](CC(C)C)N(C)C(=O)C[C@@H](C(=O)N2CCCCC2)N(C)C(=O)[C@H](C(C)C)N(C)C(=O)C2(CCCC2)NC(=O)[C@@H]2CCCN2C(=O)[C@H](CCC2CCC(C(F)(F)F)C(Cl)C2)NC(=O)CN(C)C(=O)[C@H]([C@@H](C)CC)N(C)C(=O)[C@@H]2CCN2C(=O)[C@H](C)N(C)C1=O. The number of hydrogen-bond donors (Lipinski definition) is 3. The average Bonchev–Trinajstić information content (AvgIpc) is 1.76. The third kappa shape index (κ3) is 18.6. The van der Waals surface area contributed by atoms with Gasteiger partial charge in [-0.2, -0.15) is 13.2 Å². The number of piperidine rings is 1. The predicted octanol–water partition coefficient (Wildman–Crippen LogP) is 5.17. The molecule has 548 valence electrons. The van der Waals surface area contributed by atoms with Crippen LogP contribution in [0.3, 0.4) is 0 Å².